The highest BCUT2D eigenvalue weighted by atomic mass is 19.4. The number of carbonyl (C=O) groups excluding carboxylic acids is 1. The Labute approximate surface area is 93.6 Å². The molecule has 0 bridgehead atoms. The van der Waals surface area contributed by atoms with Crippen LogP contribution in [0.2, 0.25) is 0 Å². The van der Waals surface area contributed by atoms with E-state index in [0.717, 1.165) is 0 Å². The minimum atomic E-state index is -4.10. The van der Waals surface area contributed by atoms with Crippen LogP contribution in [0.15, 0.2) is 0 Å². The molecule has 0 aliphatic carbocycles. The molecule has 0 atom stereocenters. The molecule has 0 aliphatic heterocycles. The van der Waals surface area contributed by atoms with Gasteiger partial charge in [-0.3, -0.25) is 4.79 Å². The van der Waals surface area contributed by atoms with Crippen molar-refractivity contribution in [3.8, 4) is 0 Å². The Morgan fingerprint density at radius 2 is 1.94 bits per heavy atom. The summed E-state index contributed by atoms with van der Waals surface area (Å²) in [5, 5.41) is 0. The van der Waals surface area contributed by atoms with Crippen LogP contribution in [0.3, 0.4) is 0 Å². The fourth-order valence-corrected chi connectivity index (χ4v) is 1.28. The highest BCUT2D eigenvalue weighted by molar-refractivity contribution is 5.69. The molecule has 0 N–H and O–H groups in total. The first-order valence-electron chi connectivity index (χ1n) is 5.25. The van der Waals surface area contributed by atoms with Crippen LogP contribution in [-0.2, 0) is 9.53 Å². The zero-order valence-corrected chi connectivity index (χ0v) is 9.64. The third kappa shape index (κ3) is 8.52. The normalized spacial score (nSPS) is 11.9. The van der Waals surface area contributed by atoms with Gasteiger partial charge in [0.05, 0.1) is 13.5 Å². The number of alkyl halides is 3. The lowest BCUT2D eigenvalue weighted by molar-refractivity contribution is -0.141. The molecule has 0 rings (SSSR count). The van der Waals surface area contributed by atoms with Crippen LogP contribution in [0.25, 0.3) is 0 Å². The van der Waals surface area contributed by atoms with Crippen molar-refractivity contribution >= 4 is 5.97 Å². The molecule has 16 heavy (non-hydrogen) atoms. The van der Waals surface area contributed by atoms with E-state index in [4.69, 9.17) is 0 Å². The Morgan fingerprint density at radius 1 is 1.31 bits per heavy atom. The van der Waals surface area contributed by atoms with Crippen LogP contribution in [0.1, 0.15) is 26.2 Å². The van der Waals surface area contributed by atoms with Gasteiger partial charge in [-0.25, -0.2) is 0 Å². The van der Waals surface area contributed by atoms with Crippen LogP contribution < -0.4 is 0 Å². The monoisotopic (exact) mass is 241 g/mol. The van der Waals surface area contributed by atoms with Gasteiger partial charge in [-0.15, -0.1) is 0 Å². The van der Waals surface area contributed by atoms with Crippen molar-refractivity contribution < 1.29 is 22.7 Å². The van der Waals surface area contributed by atoms with Crippen molar-refractivity contribution in [3.05, 3.63) is 0 Å². The van der Waals surface area contributed by atoms with Crippen LogP contribution in [0, 0.1) is 0 Å². The van der Waals surface area contributed by atoms with Crippen molar-refractivity contribution in [2.24, 2.45) is 0 Å². The van der Waals surface area contributed by atoms with E-state index in [2.05, 4.69) is 4.74 Å². The Kier molecular flexibility index (Phi) is 7.12. The minimum absolute atomic E-state index is 0.0680. The summed E-state index contributed by atoms with van der Waals surface area (Å²) in [6.07, 6.45) is -4.58. The maximum absolute atomic E-state index is 11.9. The number of methoxy groups -OCH3 is 1. The summed E-state index contributed by atoms with van der Waals surface area (Å²) in [6.45, 7) is 3.29. The van der Waals surface area contributed by atoms with E-state index in [1.165, 1.54) is 7.11 Å². The SMILES string of the molecule is CCN(CCCC(F)(F)F)CCC(=O)OC. The second-order valence-corrected chi connectivity index (χ2v) is 3.48. The number of rotatable bonds is 7. The van der Waals surface area contributed by atoms with E-state index >= 15 is 0 Å². The number of carbonyl (C=O) groups is 1. The summed E-state index contributed by atoms with van der Waals surface area (Å²) < 4.78 is 40.1. The summed E-state index contributed by atoms with van der Waals surface area (Å²) in [5.74, 6) is -0.339. The molecule has 0 aromatic heterocycles. The van der Waals surface area contributed by atoms with Gasteiger partial charge in [0.1, 0.15) is 0 Å². The standard InChI is InChI=1S/C10H18F3NO2/c1-3-14(8-5-9(15)16-2)7-4-6-10(11,12)13/h3-8H2,1-2H3. The number of hydrogen-bond acceptors (Lipinski definition) is 3. The quantitative estimate of drug-likeness (QED) is 0.640. The number of halogens is 3. The Morgan fingerprint density at radius 3 is 2.38 bits per heavy atom. The lowest BCUT2D eigenvalue weighted by Gasteiger charge is -2.19. The van der Waals surface area contributed by atoms with Gasteiger partial charge >= 0.3 is 12.1 Å². The van der Waals surface area contributed by atoms with Crippen LogP contribution in [0.4, 0.5) is 13.2 Å². The molecule has 0 amide bonds. The third-order valence-corrected chi connectivity index (χ3v) is 2.24. The van der Waals surface area contributed by atoms with Gasteiger partial charge in [0.2, 0.25) is 0 Å². The van der Waals surface area contributed by atoms with Gasteiger partial charge in [-0.1, -0.05) is 6.92 Å². The molecule has 0 aromatic rings. The van der Waals surface area contributed by atoms with E-state index < -0.39 is 12.6 Å². The molecule has 0 radical (unpaired) electrons. The molecule has 0 heterocycles. The number of nitrogens with zero attached hydrogens (tertiary/aromatic N) is 1. The van der Waals surface area contributed by atoms with E-state index in [0.29, 0.717) is 19.6 Å². The third-order valence-electron chi connectivity index (χ3n) is 2.24. The van der Waals surface area contributed by atoms with Gasteiger partial charge in [0.15, 0.2) is 0 Å². The average molecular weight is 241 g/mol. The first-order chi connectivity index (χ1) is 7.39. The number of hydrogen-bond donors (Lipinski definition) is 0. The molecule has 0 saturated heterocycles. The van der Waals surface area contributed by atoms with Gasteiger partial charge in [-0.05, 0) is 19.5 Å². The molecule has 96 valence electrons. The number of ether oxygens (including phenoxy) is 1. The summed E-state index contributed by atoms with van der Waals surface area (Å²) in [7, 11) is 1.29. The van der Waals surface area contributed by atoms with Crippen LogP contribution in [-0.4, -0.2) is 43.8 Å². The molecular weight excluding hydrogens is 223 g/mol. The fourth-order valence-electron chi connectivity index (χ4n) is 1.28. The molecule has 0 saturated carbocycles. The molecule has 0 aliphatic rings. The number of esters is 1. The summed E-state index contributed by atoms with van der Waals surface area (Å²) in [5.41, 5.74) is 0. The van der Waals surface area contributed by atoms with Crippen LogP contribution >= 0.6 is 0 Å². The van der Waals surface area contributed by atoms with Crippen molar-refractivity contribution in [1.29, 1.82) is 0 Å². The Hall–Kier alpha value is -0.780. The van der Waals surface area contributed by atoms with E-state index in [-0.39, 0.29) is 18.8 Å². The fraction of sp³-hybridized carbons (Fsp3) is 0.900. The highest BCUT2D eigenvalue weighted by Gasteiger charge is 2.26. The second-order valence-electron chi connectivity index (χ2n) is 3.48. The molecule has 3 nitrogen and oxygen atoms in total. The molecular formula is C10H18F3NO2. The maximum atomic E-state index is 11.9. The van der Waals surface area contributed by atoms with Crippen molar-refractivity contribution in [2.75, 3.05) is 26.7 Å². The average Bonchev–Trinajstić information content (AvgIpc) is 2.20. The molecule has 0 unspecified atom stereocenters. The Balaban J connectivity index is 3.71. The Bertz CT molecular complexity index is 207. The van der Waals surface area contributed by atoms with Gasteiger partial charge in [0.25, 0.3) is 0 Å². The molecule has 0 aromatic carbocycles. The van der Waals surface area contributed by atoms with Crippen LogP contribution in [0.5, 0.6) is 0 Å². The van der Waals surface area contributed by atoms with E-state index in [9.17, 15) is 18.0 Å². The summed E-state index contributed by atoms with van der Waals surface area (Å²) in [4.78, 5) is 12.6. The van der Waals surface area contributed by atoms with Gasteiger partial charge in [0, 0.05) is 13.0 Å². The summed E-state index contributed by atoms with van der Waals surface area (Å²) in [6, 6.07) is 0. The largest absolute Gasteiger partial charge is 0.469 e. The molecule has 6 heteroatoms. The predicted molar refractivity (Wildman–Crippen MR) is 54.0 cm³/mol. The van der Waals surface area contributed by atoms with Crippen molar-refractivity contribution in [3.63, 3.8) is 0 Å². The van der Waals surface area contributed by atoms with E-state index in [1.807, 2.05) is 11.8 Å². The van der Waals surface area contributed by atoms with Crippen molar-refractivity contribution in [2.45, 2.75) is 32.4 Å². The topological polar surface area (TPSA) is 29.5 Å². The van der Waals surface area contributed by atoms with Crippen molar-refractivity contribution in [1.82, 2.24) is 4.90 Å². The zero-order valence-electron chi connectivity index (χ0n) is 9.64. The maximum Gasteiger partial charge on any atom is 0.389 e. The second kappa shape index (κ2) is 7.49. The smallest absolute Gasteiger partial charge is 0.389 e. The molecule has 0 spiro atoms. The highest BCUT2D eigenvalue weighted by Crippen LogP contribution is 2.21. The first-order valence-corrected chi connectivity index (χ1v) is 5.25. The minimum Gasteiger partial charge on any atom is -0.469 e. The van der Waals surface area contributed by atoms with E-state index in [1.54, 1.807) is 0 Å². The lowest BCUT2D eigenvalue weighted by Crippen LogP contribution is -2.28. The lowest BCUT2D eigenvalue weighted by atomic mass is 10.2. The molecule has 0 fully saturated rings. The zero-order chi connectivity index (χ0) is 12.6. The van der Waals surface area contributed by atoms with Gasteiger partial charge < -0.3 is 9.64 Å². The predicted octanol–water partition coefficient (Wildman–Crippen LogP) is 2.21. The first kappa shape index (κ1) is 15.2. The summed E-state index contributed by atoms with van der Waals surface area (Å²) >= 11 is 0. The van der Waals surface area contributed by atoms with Gasteiger partial charge in [-0.2, -0.15) is 13.2 Å².